The molecule has 0 aromatic carbocycles. The second kappa shape index (κ2) is 7.34. The lowest BCUT2D eigenvalue weighted by Gasteiger charge is -2.03. The Morgan fingerprint density at radius 3 is 2.36 bits per heavy atom. The molecule has 0 spiro atoms. The molecule has 4 nitrogen and oxygen atoms in total. The Labute approximate surface area is 66.4 Å². The predicted molar refractivity (Wildman–Crippen MR) is 39.5 cm³/mol. The molecule has 0 rings (SSSR count). The van der Waals surface area contributed by atoms with E-state index in [1.807, 2.05) is 6.92 Å². The van der Waals surface area contributed by atoms with Crippen LogP contribution in [-0.2, 0) is 14.2 Å². The van der Waals surface area contributed by atoms with Gasteiger partial charge in [-0.25, -0.2) is 4.79 Å². The zero-order valence-corrected chi connectivity index (χ0v) is 6.96. The Kier molecular flexibility index (Phi) is 6.82. The summed E-state index contributed by atoms with van der Waals surface area (Å²) >= 11 is 0. The topological polar surface area (TPSA) is 44.8 Å². The Morgan fingerprint density at radius 1 is 1.18 bits per heavy atom. The highest BCUT2D eigenvalue weighted by Gasteiger charge is 2.00. The molecule has 0 fully saturated rings. The molecule has 4 heteroatoms. The van der Waals surface area contributed by atoms with Gasteiger partial charge in [0, 0.05) is 7.11 Å². The first-order valence-corrected chi connectivity index (χ1v) is 3.59. The highest BCUT2D eigenvalue weighted by Crippen LogP contribution is 1.87. The van der Waals surface area contributed by atoms with Gasteiger partial charge in [-0.15, -0.1) is 0 Å². The summed E-state index contributed by atoms with van der Waals surface area (Å²) in [6.07, 6.45) is 0.184. The SMILES string of the molecule is CCCOC(=O)OCCOC. The first-order chi connectivity index (χ1) is 5.31. The van der Waals surface area contributed by atoms with Crippen molar-refractivity contribution in [3.63, 3.8) is 0 Å². The molecule has 0 aromatic rings. The molecule has 66 valence electrons. The van der Waals surface area contributed by atoms with E-state index in [-0.39, 0.29) is 6.61 Å². The Hall–Kier alpha value is -0.770. The molecule has 0 aliphatic rings. The zero-order valence-electron chi connectivity index (χ0n) is 6.96. The van der Waals surface area contributed by atoms with Gasteiger partial charge in [0.15, 0.2) is 0 Å². The summed E-state index contributed by atoms with van der Waals surface area (Å²) in [6, 6.07) is 0. The first kappa shape index (κ1) is 10.2. The van der Waals surface area contributed by atoms with E-state index in [9.17, 15) is 4.79 Å². The van der Waals surface area contributed by atoms with E-state index in [0.717, 1.165) is 6.42 Å². The number of methoxy groups -OCH3 is 1. The highest BCUT2D eigenvalue weighted by atomic mass is 16.7. The van der Waals surface area contributed by atoms with E-state index in [0.29, 0.717) is 13.2 Å². The minimum atomic E-state index is -0.621. The van der Waals surface area contributed by atoms with Crippen molar-refractivity contribution in [3.05, 3.63) is 0 Å². The maximum atomic E-state index is 10.6. The number of rotatable bonds is 5. The van der Waals surface area contributed by atoms with Crippen molar-refractivity contribution < 1.29 is 19.0 Å². The number of hydrogen-bond acceptors (Lipinski definition) is 4. The minimum absolute atomic E-state index is 0.249. The average Bonchev–Trinajstić information content (AvgIpc) is 2.01. The first-order valence-electron chi connectivity index (χ1n) is 3.59. The Morgan fingerprint density at radius 2 is 1.82 bits per heavy atom. The van der Waals surface area contributed by atoms with Crippen LogP contribution in [0, 0.1) is 0 Å². The van der Waals surface area contributed by atoms with E-state index in [2.05, 4.69) is 14.2 Å². The number of ether oxygens (including phenoxy) is 3. The van der Waals surface area contributed by atoms with Gasteiger partial charge in [-0.1, -0.05) is 6.92 Å². The van der Waals surface area contributed by atoms with Gasteiger partial charge in [0.1, 0.15) is 6.61 Å². The van der Waals surface area contributed by atoms with Gasteiger partial charge in [0.2, 0.25) is 0 Å². The van der Waals surface area contributed by atoms with Crippen molar-refractivity contribution in [2.75, 3.05) is 26.9 Å². The molecular formula is C7H14O4. The summed E-state index contributed by atoms with van der Waals surface area (Å²) in [4.78, 5) is 10.6. The normalized spacial score (nSPS) is 9.27. The number of hydrogen-bond donors (Lipinski definition) is 0. The molecule has 0 amide bonds. The average molecular weight is 162 g/mol. The van der Waals surface area contributed by atoms with Crippen molar-refractivity contribution >= 4 is 6.16 Å². The smallest absolute Gasteiger partial charge is 0.434 e. The molecule has 0 unspecified atom stereocenters. The fourth-order valence-electron chi connectivity index (χ4n) is 0.435. The summed E-state index contributed by atoms with van der Waals surface area (Å²) in [5.74, 6) is 0. The second-order valence-corrected chi connectivity index (χ2v) is 1.94. The van der Waals surface area contributed by atoms with Crippen molar-refractivity contribution in [1.29, 1.82) is 0 Å². The van der Waals surface area contributed by atoms with E-state index in [1.54, 1.807) is 7.11 Å². The van der Waals surface area contributed by atoms with Gasteiger partial charge in [-0.2, -0.15) is 0 Å². The maximum Gasteiger partial charge on any atom is 0.508 e. The van der Waals surface area contributed by atoms with Crippen molar-refractivity contribution in [2.45, 2.75) is 13.3 Å². The molecule has 11 heavy (non-hydrogen) atoms. The molecular weight excluding hydrogens is 148 g/mol. The van der Waals surface area contributed by atoms with Crippen LogP contribution in [0.2, 0.25) is 0 Å². The van der Waals surface area contributed by atoms with Gasteiger partial charge < -0.3 is 14.2 Å². The molecule has 0 aliphatic carbocycles. The largest absolute Gasteiger partial charge is 0.508 e. The van der Waals surface area contributed by atoms with Crippen LogP contribution in [0.3, 0.4) is 0 Å². The Balaban J connectivity index is 3.09. The van der Waals surface area contributed by atoms with Gasteiger partial charge >= 0.3 is 6.16 Å². The third-order valence-electron chi connectivity index (χ3n) is 0.931. The summed E-state index contributed by atoms with van der Waals surface area (Å²) in [5.41, 5.74) is 0. The van der Waals surface area contributed by atoms with E-state index >= 15 is 0 Å². The summed E-state index contributed by atoms with van der Waals surface area (Å²) < 4.78 is 13.9. The molecule has 0 atom stereocenters. The van der Waals surface area contributed by atoms with Crippen molar-refractivity contribution in [2.24, 2.45) is 0 Å². The van der Waals surface area contributed by atoms with Gasteiger partial charge in [-0.05, 0) is 6.42 Å². The molecule has 0 heterocycles. The number of carbonyl (C=O) groups excluding carboxylic acids is 1. The van der Waals surface area contributed by atoms with Gasteiger partial charge in [0.05, 0.1) is 13.2 Å². The standard InChI is InChI=1S/C7H14O4/c1-3-4-10-7(8)11-6-5-9-2/h3-6H2,1-2H3. The van der Waals surface area contributed by atoms with Crippen LogP contribution in [0.15, 0.2) is 0 Å². The van der Waals surface area contributed by atoms with Crippen LogP contribution in [-0.4, -0.2) is 33.1 Å². The van der Waals surface area contributed by atoms with Crippen LogP contribution in [0.4, 0.5) is 4.79 Å². The van der Waals surface area contributed by atoms with Crippen LogP contribution in [0.1, 0.15) is 13.3 Å². The lowest BCUT2D eigenvalue weighted by atomic mass is 10.5. The van der Waals surface area contributed by atoms with Crippen LogP contribution < -0.4 is 0 Å². The molecule has 0 bridgehead atoms. The second-order valence-electron chi connectivity index (χ2n) is 1.94. The predicted octanol–water partition coefficient (Wildman–Crippen LogP) is 1.20. The van der Waals surface area contributed by atoms with E-state index in [1.165, 1.54) is 0 Å². The quantitative estimate of drug-likeness (QED) is 0.450. The number of carbonyl (C=O) groups is 1. The Bertz CT molecular complexity index is 103. The summed E-state index contributed by atoms with van der Waals surface area (Å²) in [5, 5.41) is 0. The third kappa shape index (κ3) is 7.12. The van der Waals surface area contributed by atoms with Gasteiger partial charge in [0.25, 0.3) is 0 Å². The molecule has 0 aliphatic heterocycles. The minimum Gasteiger partial charge on any atom is -0.434 e. The molecule has 0 saturated heterocycles. The molecule has 0 radical (unpaired) electrons. The fourth-order valence-corrected chi connectivity index (χ4v) is 0.435. The van der Waals surface area contributed by atoms with Crippen LogP contribution >= 0.6 is 0 Å². The van der Waals surface area contributed by atoms with Crippen molar-refractivity contribution in [1.82, 2.24) is 0 Å². The van der Waals surface area contributed by atoms with Crippen LogP contribution in [0.25, 0.3) is 0 Å². The highest BCUT2D eigenvalue weighted by molar-refractivity contribution is 5.59. The van der Waals surface area contributed by atoms with Gasteiger partial charge in [-0.3, -0.25) is 0 Å². The monoisotopic (exact) mass is 162 g/mol. The fraction of sp³-hybridized carbons (Fsp3) is 0.857. The third-order valence-corrected chi connectivity index (χ3v) is 0.931. The molecule has 0 N–H and O–H groups in total. The lowest BCUT2D eigenvalue weighted by molar-refractivity contribution is 0.0367. The summed E-state index contributed by atoms with van der Waals surface area (Å²) in [7, 11) is 1.54. The lowest BCUT2D eigenvalue weighted by Crippen LogP contribution is -2.11. The maximum absolute atomic E-state index is 10.6. The summed E-state index contributed by atoms with van der Waals surface area (Å²) in [6.45, 7) is 2.98. The molecule has 0 saturated carbocycles. The zero-order chi connectivity index (χ0) is 8.53. The van der Waals surface area contributed by atoms with Crippen LogP contribution in [0.5, 0.6) is 0 Å². The van der Waals surface area contributed by atoms with E-state index < -0.39 is 6.16 Å². The van der Waals surface area contributed by atoms with E-state index in [4.69, 9.17) is 0 Å². The van der Waals surface area contributed by atoms with Crippen molar-refractivity contribution in [3.8, 4) is 0 Å². The molecule has 0 aromatic heterocycles.